The summed E-state index contributed by atoms with van der Waals surface area (Å²) in [5, 5.41) is 18.3. The van der Waals surface area contributed by atoms with Crippen LogP contribution in [0.2, 0.25) is 0 Å². The van der Waals surface area contributed by atoms with Gasteiger partial charge in [0, 0.05) is 6.54 Å². The van der Waals surface area contributed by atoms with Crippen molar-refractivity contribution in [3.05, 3.63) is 0 Å². The maximum atomic E-state index is 9.26. The van der Waals surface area contributed by atoms with Gasteiger partial charge in [-0.25, -0.2) is 0 Å². The number of aliphatic hydroxyl groups is 2. The molecule has 0 bridgehead atoms. The Morgan fingerprint density at radius 2 is 2.09 bits per heavy atom. The molecule has 1 aliphatic heterocycles. The average Bonchev–Trinajstić information content (AvgIpc) is 1.97. The summed E-state index contributed by atoms with van der Waals surface area (Å²) in [6.07, 6.45) is -1.79. The van der Waals surface area contributed by atoms with E-state index in [2.05, 4.69) is 0 Å². The van der Waals surface area contributed by atoms with Crippen molar-refractivity contribution >= 4 is 0 Å². The number of aliphatic hydroxyl groups excluding tert-OH is 2. The zero-order chi connectivity index (χ0) is 8.43. The molecule has 1 heterocycles. The highest BCUT2D eigenvalue weighted by atomic mass is 16.6. The van der Waals surface area contributed by atoms with Crippen LogP contribution >= 0.6 is 0 Å². The minimum Gasteiger partial charge on any atom is -0.390 e. The highest BCUT2D eigenvalue weighted by Gasteiger charge is 2.33. The summed E-state index contributed by atoms with van der Waals surface area (Å²) in [4.78, 5) is 0. The Bertz CT molecular complexity index is 133. The topological polar surface area (TPSA) is 102 Å². The van der Waals surface area contributed by atoms with Gasteiger partial charge in [0.25, 0.3) is 0 Å². The zero-order valence-corrected chi connectivity index (χ0v) is 6.18. The molecule has 1 fully saturated rings. The molecular formula is C6H14N2O3. The van der Waals surface area contributed by atoms with Crippen molar-refractivity contribution in [1.82, 2.24) is 0 Å². The molecule has 11 heavy (non-hydrogen) atoms. The van der Waals surface area contributed by atoms with E-state index in [0.717, 1.165) is 0 Å². The predicted molar refractivity (Wildman–Crippen MR) is 38.5 cm³/mol. The third-order valence-corrected chi connectivity index (χ3v) is 1.86. The van der Waals surface area contributed by atoms with Crippen LogP contribution in [0.4, 0.5) is 0 Å². The Labute approximate surface area is 64.9 Å². The number of nitrogens with two attached hydrogens (primary N) is 2. The lowest BCUT2D eigenvalue weighted by atomic mass is 10.0. The molecule has 0 spiro atoms. The Hall–Kier alpha value is -0.200. The minimum atomic E-state index is -0.994. The van der Waals surface area contributed by atoms with Gasteiger partial charge in [-0.05, 0) is 6.42 Å². The first-order valence-electron chi connectivity index (χ1n) is 3.62. The van der Waals surface area contributed by atoms with Crippen LogP contribution in [-0.2, 0) is 4.74 Å². The number of ether oxygens (including phenoxy) is 1. The molecule has 1 aliphatic rings. The number of hydrogen-bond acceptors (Lipinski definition) is 5. The first-order valence-corrected chi connectivity index (χ1v) is 3.62. The molecule has 0 unspecified atom stereocenters. The van der Waals surface area contributed by atoms with Crippen molar-refractivity contribution in [1.29, 1.82) is 0 Å². The molecule has 0 aromatic rings. The third-order valence-electron chi connectivity index (χ3n) is 1.86. The standard InChI is InChI=1S/C6H14N2O3/c7-2-5-4(9)1-3(8)6(10)11-5/h3-6,9-10H,1-2,7-8H2/t3-,4+,5-,6+/m1/s1. The number of rotatable bonds is 1. The molecule has 6 N–H and O–H groups in total. The fourth-order valence-electron chi connectivity index (χ4n) is 1.13. The van der Waals surface area contributed by atoms with Gasteiger partial charge in [-0.3, -0.25) is 0 Å². The van der Waals surface area contributed by atoms with E-state index in [-0.39, 0.29) is 6.54 Å². The summed E-state index contributed by atoms with van der Waals surface area (Å²) in [7, 11) is 0. The van der Waals surface area contributed by atoms with Crippen molar-refractivity contribution in [3.63, 3.8) is 0 Å². The molecule has 1 rings (SSSR count). The fourth-order valence-corrected chi connectivity index (χ4v) is 1.13. The molecule has 0 aliphatic carbocycles. The summed E-state index contributed by atoms with van der Waals surface area (Å²) in [5.74, 6) is 0. The smallest absolute Gasteiger partial charge is 0.170 e. The van der Waals surface area contributed by atoms with Gasteiger partial charge in [0.2, 0.25) is 0 Å². The Morgan fingerprint density at radius 3 is 2.64 bits per heavy atom. The van der Waals surface area contributed by atoms with Gasteiger partial charge in [0.15, 0.2) is 6.29 Å². The maximum Gasteiger partial charge on any atom is 0.170 e. The third kappa shape index (κ3) is 1.88. The molecule has 0 aromatic carbocycles. The van der Waals surface area contributed by atoms with Crippen molar-refractivity contribution in [2.45, 2.75) is 31.0 Å². The normalized spacial score (nSPS) is 45.8. The largest absolute Gasteiger partial charge is 0.390 e. The van der Waals surface area contributed by atoms with Crippen LogP contribution in [0, 0.1) is 0 Å². The minimum absolute atomic E-state index is 0.199. The quantitative estimate of drug-likeness (QED) is 0.348. The van der Waals surface area contributed by atoms with E-state index in [1.54, 1.807) is 0 Å². The maximum absolute atomic E-state index is 9.26. The van der Waals surface area contributed by atoms with E-state index in [1.807, 2.05) is 0 Å². The lowest BCUT2D eigenvalue weighted by Crippen LogP contribution is -2.53. The van der Waals surface area contributed by atoms with E-state index in [0.29, 0.717) is 6.42 Å². The molecule has 4 atom stereocenters. The predicted octanol–water partition coefficient (Wildman–Crippen LogP) is -2.26. The zero-order valence-electron chi connectivity index (χ0n) is 6.18. The van der Waals surface area contributed by atoms with E-state index in [9.17, 15) is 5.11 Å². The first-order chi connectivity index (χ1) is 5.15. The Balaban J connectivity index is 2.48. The van der Waals surface area contributed by atoms with E-state index in [1.165, 1.54) is 0 Å². The lowest BCUT2D eigenvalue weighted by molar-refractivity contribution is -0.204. The van der Waals surface area contributed by atoms with Crippen LogP contribution < -0.4 is 11.5 Å². The molecule has 5 heteroatoms. The summed E-state index contributed by atoms with van der Waals surface area (Å²) < 4.78 is 4.92. The summed E-state index contributed by atoms with van der Waals surface area (Å²) in [6.45, 7) is 0.199. The van der Waals surface area contributed by atoms with Gasteiger partial charge in [0.05, 0.1) is 18.2 Å². The lowest BCUT2D eigenvalue weighted by Gasteiger charge is -2.34. The Morgan fingerprint density at radius 1 is 1.45 bits per heavy atom. The second kappa shape index (κ2) is 3.46. The summed E-state index contributed by atoms with van der Waals surface area (Å²) in [6, 6.07) is -0.507. The second-order valence-electron chi connectivity index (χ2n) is 2.77. The highest BCUT2D eigenvalue weighted by Crippen LogP contribution is 2.16. The molecule has 66 valence electrons. The first kappa shape index (κ1) is 8.89. The van der Waals surface area contributed by atoms with Gasteiger partial charge < -0.3 is 26.4 Å². The molecule has 1 saturated heterocycles. The van der Waals surface area contributed by atoms with Gasteiger partial charge >= 0.3 is 0 Å². The highest BCUT2D eigenvalue weighted by molar-refractivity contribution is 4.82. The van der Waals surface area contributed by atoms with Crippen LogP contribution in [0.25, 0.3) is 0 Å². The van der Waals surface area contributed by atoms with Crippen LogP contribution in [0.15, 0.2) is 0 Å². The fraction of sp³-hybridized carbons (Fsp3) is 1.00. The number of hydrogen-bond donors (Lipinski definition) is 4. The van der Waals surface area contributed by atoms with Crippen LogP contribution in [0.3, 0.4) is 0 Å². The summed E-state index contributed by atoms with van der Waals surface area (Å²) >= 11 is 0. The van der Waals surface area contributed by atoms with Gasteiger partial charge in [-0.1, -0.05) is 0 Å². The monoisotopic (exact) mass is 162 g/mol. The Kier molecular flexibility index (Phi) is 2.80. The van der Waals surface area contributed by atoms with Crippen molar-refractivity contribution in [2.24, 2.45) is 11.5 Å². The van der Waals surface area contributed by atoms with Crippen LogP contribution in [0.5, 0.6) is 0 Å². The van der Waals surface area contributed by atoms with Gasteiger partial charge in [-0.2, -0.15) is 0 Å². The molecule has 0 radical (unpaired) electrons. The van der Waals surface area contributed by atoms with Crippen molar-refractivity contribution < 1.29 is 14.9 Å². The van der Waals surface area contributed by atoms with Crippen molar-refractivity contribution in [3.8, 4) is 0 Å². The SMILES string of the molecule is NC[C@H]1O[C@H](O)[C@H](N)C[C@@H]1O. The molecule has 0 aromatic heterocycles. The summed E-state index contributed by atoms with van der Waals surface area (Å²) in [5.41, 5.74) is 10.7. The molecule has 0 amide bonds. The van der Waals surface area contributed by atoms with Crippen LogP contribution in [-0.4, -0.2) is 41.3 Å². The van der Waals surface area contributed by atoms with E-state index < -0.39 is 24.5 Å². The van der Waals surface area contributed by atoms with Gasteiger partial charge in [0.1, 0.15) is 0 Å². The second-order valence-corrected chi connectivity index (χ2v) is 2.77. The molecule has 0 saturated carbocycles. The molecular weight excluding hydrogens is 148 g/mol. The molecule has 5 nitrogen and oxygen atoms in total. The van der Waals surface area contributed by atoms with Gasteiger partial charge in [-0.15, -0.1) is 0 Å². The van der Waals surface area contributed by atoms with Crippen LogP contribution in [0.1, 0.15) is 6.42 Å². The van der Waals surface area contributed by atoms with E-state index in [4.69, 9.17) is 21.3 Å². The van der Waals surface area contributed by atoms with E-state index >= 15 is 0 Å². The average molecular weight is 162 g/mol. The van der Waals surface area contributed by atoms with Crippen molar-refractivity contribution in [2.75, 3.05) is 6.54 Å².